The first-order chi connectivity index (χ1) is 10.3. The monoisotopic (exact) mass is 295 g/mol. The van der Waals surface area contributed by atoms with Gasteiger partial charge in [0.05, 0.1) is 0 Å². The third-order valence-corrected chi connectivity index (χ3v) is 4.52. The zero-order chi connectivity index (χ0) is 14.5. The lowest BCUT2D eigenvalue weighted by Gasteiger charge is -2.05. The molecule has 3 nitrogen and oxygen atoms in total. The molecular formula is C17H17N3S. The van der Waals surface area contributed by atoms with Crippen molar-refractivity contribution in [3.63, 3.8) is 0 Å². The second kappa shape index (κ2) is 6.75. The quantitative estimate of drug-likeness (QED) is 0.829. The van der Waals surface area contributed by atoms with E-state index in [1.807, 2.05) is 12.1 Å². The fourth-order valence-corrected chi connectivity index (χ4v) is 2.89. The van der Waals surface area contributed by atoms with Crippen LogP contribution in [0.3, 0.4) is 0 Å². The van der Waals surface area contributed by atoms with Crippen LogP contribution < -0.4 is 5.32 Å². The van der Waals surface area contributed by atoms with Crippen molar-refractivity contribution in [1.29, 1.82) is 5.26 Å². The number of hydrogen-bond donors (Lipinski definition) is 1. The molecular weight excluding hydrogens is 278 g/mol. The molecule has 0 radical (unpaired) electrons. The summed E-state index contributed by atoms with van der Waals surface area (Å²) in [4.78, 5) is 5.24. The van der Waals surface area contributed by atoms with Crippen LogP contribution in [0.4, 0.5) is 0 Å². The van der Waals surface area contributed by atoms with Gasteiger partial charge >= 0.3 is 0 Å². The maximum atomic E-state index is 8.85. The minimum absolute atomic E-state index is 0.481. The van der Waals surface area contributed by atoms with Crippen LogP contribution in [-0.2, 0) is 12.3 Å². The van der Waals surface area contributed by atoms with Crippen LogP contribution in [-0.4, -0.2) is 11.0 Å². The Morgan fingerprint density at radius 2 is 2.00 bits per heavy atom. The highest BCUT2D eigenvalue weighted by molar-refractivity contribution is 7.98. The maximum absolute atomic E-state index is 8.85. The molecule has 1 aliphatic carbocycles. The molecule has 106 valence electrons. The van der Waals surface area contributed by atoms with Crippen molar-refractivity contribution in [1.82, 2.24) is 10.3 Å². The third kappa shape index (κ3) is 4.32. The Balaban J connectivity index is 1.53. The summed E-state index contributed by atoms with van der Waals surface area (Å²) in [5.41, 5.74) is 2.95. The van der Waals surface area contributed by atoms with E-state index in [-0.39, 0.29) is 0 Å². The highest BCUT2D eigenvalue weighted by Gasteiger charge is 2.19. The molecule has 1 aromatic heterocycles. The average molecular weight is 295 g/mol. The number of thioether (sulfide) groups is 1. The van der Waals surface area contributed by atoms with Crippen molar-refractivity contribution < 1.29 is 0 Å². The number of pyridine rings is 1. The fourth-order valence-electron chi connectivity index (χ4n) is 2.05. The molecule has 1 aliphatic rings. The van der Waals surface area contributed by atoms with Crippen LogP contribution in [0.1, 0.15) is 29.7 Å². The summed E-state index contributed by atoms with van der Waals surface area (Å²) in [6.07, 6.45) is 4.34. The van der Waals surface area contributed by atoms with E-state index in [0.717, 1.165) is 23.9 Å². The highest BCUT2D eigenvalue weighted by Crippen LogP contribution is 2.24. The first-order valence-electron chi connectivity index (χ1n) is 7.13. The van der Waals surface area contributed by atoms with E-state index in [1.54, 1.807) is 18.0 Å². The van der Waals surface area contributed by atoms with Crippen molar-refractivity contribution in [3.05, 3.63) is 59.4 Å². The number of nitriles is 1. The molecule has 0 spiro atoms. The predicted octanol–water partition coefficient (Wildman–Crippen LogP) is 3.50. The minimum atomic E-state index is 0.481. The molecule has 0 atom stereocenters. The van der Waals surface area contributed by atoms with Gasteiger partial charge in [-0.25, -0.2) is 4.98 Å². The molecule has 3 rings (SSSR count). The number of rotatable bonds is 6. The Morgan fingerprint density at radius 3 is 2.71 bits per heavy atom. The van der Waals surface area contributed by atoms with Crippen molar-refractivity contribution in [2.75, 3.05) is 0 Å². The smallest absolute Gasteiger partial charge is 0.140 e. The average Bonchev–Trinajstić information content (AvgIpc) is 3.36. The van der Waals surface area contributed by atoms with Gasteiger partial charge in [-0.1, -0.05) is 12.1 Å². The van der Waals surface area contributed by atoms with Crippen LogP contribution in [0.25, 0.3) is 0 Å². The molecule has 0 saturated heterocycles. The Morgan fingerprint density at radius 1 is 1.19 bits per heavy atom. The van der Waals surface area contributed by atoms with Gasteiger partial charge in [0, 0.05) is 29.4 Å². The van der Waals surface area contributed by atoms with Gasteiger partial charge in [0.25, 0.3) is 0 Å². The fraction of sp³-hybridized carbons (Fsp3) is 0.294. The summed E-state index contributed by atoms with van der Waals surface area (Å²) in [5.74, 6) is 0.858. The highest BCUT2D eigenvalue weighted by atomic mass is 32.2. The topological polar surface area (TPSA) is 48.7 Å². The number of aromatic nitrogens is 1. The molecule has 0 aliphatic heterocycles. The van der Waals surface area contributed by atoms with Gasteiger partial charge in [-0.3, -0.25) is 0 Å². The van der Waals surface area contributed by atoms with E-state index < -0.39 is 0 Å². The van der Waals surface area contributed by atoms with Crippen molar-refractivity contribution in [2.24, 2.45) is 0 Å². The lowest BCUT2D eigenvalue weighted by Crippen LogP contribution is -2.14. The first-order valence-corrected chi connectivity index (χ1v) is 8.12. The molecule has 2 aromatic rings. The Bertz CT molecular complexity index is 642. The van der Waals surface area contributed by atoms with Gasteiger partial charge in [0.1, 0.15) is 11.8 Å². The Labute approximate surface area is 129 Å². The van der Waals surface area contributed by atoms with Gasteiger partial charge < -0.3 is 5.32 Å². The second-order valence-electron chi connectivity index (χ2n) is 5.25. The molecule has 1 saturated carbocycles. The summed E-state index contributed by atoms with van der Waals surface area (Å²) in [6.45, 7) is 0.964. The van der Waals surface area contributed by atoms with E-state index in [0.29, 0.717) is 5.69 Å². The lowest BCUT2D eigenvalue weighted by molar-refractivity contribution is 0.687. The zero-order valence-electron chi connectivity index (χ0n) is 11.7. The standard InChI is InChI=1S/C17H17N3S/c18-10-16-9-14(7-8-19-16)12-21-17-5-1-13(2-6-17)11-20-15-3-4-15/h1-2,5-9,15,20H,3-4,11-12H2. The van der Waals surface area contributed by atoms with Crippen molar-refractivity contribution in [2.45, 2.75) is 36.1 Å². The summed E-state index contributed by atoms with van der Waals surface area (Å²) >= 11 is 1.78. The molecule has 1 N–H and O–H groups in total. The summed E-state index contributed by atoms with van der Waals surface area (Å²) in [7, 11) is 0. The minimum Gasteiger partial charge on any atom is -0.310 e. The van der Waals surface area contributed by atoms with Gasteiger partial charge in [-0.05, 0) is 48.2 Å². The number of hydrogen-bond acceptors (Lipinski definition) is 4. The van der Waals surface area contributed by atoms with Crippen LogP contribution in [0, 0.1) is 11.3 Å². The number of nitrogens with one attached hydrogen (secondary N) is 1. The second-order valence-corrected chi connectivity index (χ2v) is 6.30. The van der Waals surface area contributed by atoms with Crippen LogP contribution in [0.2, 0.25) is 0 Å². The summed E-state index contributed by atoms with van der Waals surface area (Å²) in [5, 5.41) is 12.4. The van der Waals surface area contributed by atoms with E-state index in [9.17, 15) is 0 Å². The van der Waals surface area contributed by atoms with Gasteiger partial charge in [-0.15, -0.1) is 11.8 Å². The number of nitrogens with zero attached hydrogens (tertiary/aromatic N) is 2. The van der Waals surface area contributed by atoms with Crippen molar-refractivity contribution in [3.8, 4) is 6.07 Å². The number of benzene rings is 1. The lowest BCUT2D eigenvalue weighted by atomic mass is 10.2. The molecule has 21 heavy (non-hydrogen) atoms. The SMILES string of the molecule is N#Cc1cc(CSc2ccc(CNC3CC3)cc2)ccn1. The molecule has 1 aromatic carbocycles. The Hall–Kier alpha value is -1.83. The molecule has 0 amide bonds. The predicted molar refractivity (Wildman–Crippen MR) is 84.8 cm³/mol. The van der Waals surface area contributed by atoms with Gasteiger partial charge in [0.15, 0.2) is 0 Å². The summed E-state index contributed by atoms with van der Waals surface area (Å²) < 4.78 is 0. The molecule has 1 heterocycles. The van der Waals surface area contributed by atoms with Gasteiger partial charge in [0.2, 0.25) is 0 Å². The van der Waals surface area contributed by atoms with Gasteiger partial charge in [-0.2, -0.15) is 5.26 Å². The van der Waals surface area contributed by atoms with E-state index in [1.165, 1.54) is 23.3 Å². The summed E-state index contributed by atoms with van der Waals surface area (Å²) in [6, 6.07) is 15.3. The molecule has 1 fully saturated rings. The zero-order valence-corrected chi connectivity index (χ0v) is 12.6. The third-order valence-electron chi connectivity index (χ3n) is 3.44. The largest absolute Gasteiger partial charge is 0.310 e. The van der Waals surface area contributed by atoms with Crippen LogP contribution in [0.5, 0.6) is 0 Å². The normalized spacial score (nSPS) is 13.9. The molecule has 0 unspecified atom stereocenters. The molecule has 4 heteroatoms. The van der Waals surface area contributed by atoms with Crippen molar-refractivity contribution >= 4 is 11.8 Å². The Kier molecular flexibility index (Phi) is 4.54. The van der Waals surface area contributed by atoms with E-state index in [2.05, 4.69) is 40.6 Å². The van der Waals surface area contributed by atoms with E-state index in [4.69, 9.17) is 5.26 Å². The maximum Gasteiger partial charge on any atom is 0.140 e. The van der Waals surface area contributed by atoms with Crippen LogP contribution >= 0.6 is 11.8 Å². The van der Waals surface area contributed by atoms with Crippen LogP contribution in [0.15, 0.2) is 47.5 Å². The first kappa shape index (κ1) is 14.1. The van der Waals surface area contributed by atoms with E-state index >= 15 is 0 Å². The molecule has 0 bridgehead atoms.